The molecule has 0 bridgehead atoms. The summed E-state index contributed by atoms with van der Waals surface area (Å²) in [7, 11) is 0. The van der Waals surface area contributed by atoms with Crippen LogP contribution in [0.5, 0.6) is 0 Å². The van der Waals surface area contributed by atoms with Gasteiger partial charge in [-0.05, 0) is 24.1 Å². The van der Waals surface area contributed by atoms with E-state index in [1.165, 1.54) is 5.56 Å². The van der Waals surface area contributed by atoms with Crippen molar-refractivity contribution in [3.05, 3.63) is 41.9 Å². The van der Waals surface area contributed by atoms with E-state index >= 15 is 0 Å². The average Bonchev–Trinajstić information content (AvgIpc) is 2.37. The van der Waals surface area contributed by atoms with E-state index in [4.69, 9.17) is 5.73 Å². The van der Waals surface area contributed by atoms with Gasteiger partial charge >= 0.3 is 0 Å². The number of aromatic nitrogens is 3. The lowest BCUT2D eigenvalue weighted by Crippen LogP contribution is -2.07. The lowest BCUT2D eigenvalue weighted by Gasteiger charge is -2.08. The van der Waals surface area contributed by atoms with Crippen LogP contribution < -0.4 is 11.1 Å². The fraction of sp³-hybridized carbons (Fsp3) is 0.250. The van der Waals surface area contributed by atoms with E-state index in [1.54, 1.807) is 18.5 Å². The number of nitrogens with zero attached hydrogens (tertiary/aromatic N) is 3. The summed E-state index contributed by atoms with van der Waals surface area (Å²) < 4.78 is 0. The second-order valence-electron chi connectivity index (χ2n) is 3.62. The van der Waals surface area contributed by atoms with Crippen molar-refractivity contribution in [1.29, 1.82) is 0 Å². The molecule has 2 rings (SSSR count). The van der Waals surface area contributed by atoms with E-state index in [9.17, 15) is 0 Å². The first kappa shape index (κ1) is 11.3. The molecule has 0 aliphatic rings. The van der Waals surface area contributed by atoms with Gasteiger partial charge in [0.2, 0.25) is 5.95 Å². The van der Waals surface area contributed by atoms with Gasteiger partial charge in [0.25, 0.3) is 0 Å². The van der Waals surface area contributed by atoms with Crippen LogP contribution in [0.3, 0.4) is 0 Å². The molecule has 0 spiro atoms. The zero-order valence-corrected chi connectivity index (χ0v) is 9.72. The zero-order valence-electron chi connectivity index (χ0n) is 9.72. The monoisotopic (exact) mass is 229 g/mol. The molecule has 2 heterocycles. The molecule has 0 atom stereocenters. The highest BCUT2D eigenvalue weighted by atomic mass is 15.1. The van der Waals surface area contributed by atoms with Crippen LogP contribution in [0.4, 0.5) is 11.8 Å². The lowest BCUT2D eigenvalue weighted by atomic mass is 10.1. The van der Waals surface area contributed by atoms with Crippen LogP contribution in [0.15, 0.2) is 30.6 Å². The summed E-state index contributed by atoms with van der Waals surface area (Å²) >= 11 is 0. The summed E-state index contributed by atoms with van der Waals surface area (Å²) in [5, 5.41) is 3.18. The number of aryl methyl sites for hydroxylation is 1. The molecule has 0 radical (unpaired) electrons. The van der Waals surface area contributed by atoms with Crippen LogP contribution in [0, 0.1) is 0 Å². The van der Waals surface area contributed by atoms with Gasteiger partial charge in [-0.25, -0.2) is 4.98 Å². The van der Waals surface area contributed by atoms with E-state index < -0.39 is 0 Å². The number of nitrogen functional groups attached to an aromatic ring is 1. The molecule has 5 nitrogen and oxygen atoms in total. The molecule has 0 aromatic carbocycles. The maximum absolute atomic E-state index is 5.51. The summed E-state index contributed by atoms with van der Waals surface area (Å²) in [5.41, 5.74) is 7.78. The highest BCUT2D eigenvalue weighted by molar-refractivity contribution is 5.38. The van der Waals surface area contributed by atoms with Crippen LogP contribution in [0.25, 0.3) is 0 Å². The number of rotatable bonds is 4. The average molecular weight is 229 g/mol. The van der Waals surface area contributed by atoms with Gasteiger partial charge in [-0.15, -0.1) is 0 Å². The zero-order chi connectivity index (χ0) is 12.1. The van der Waals surface area contributed by atoms with Crippen LogP contribution in [0.2, 0.25) is 0 Å². The minimum Gasteiger partial charge on any atom is -0.368 e. The Hall–Kier alpha value is -2.17. The largest absolute Gasteiger partial charge is 0.368 e. The standard InChI is InChI=1S/C12H15N5/c1-2-9-4-3-6-14-10(9)8-16-11-5-7-15-12(13)17-11/h3-7H,2,8H2,1H3,(H3,13,15,16,17). The normalized spacial score (nSPS) is 10.2. The maximum atomic E-state index is 5.51. The molecule has 0 aliphatic carbocycles. The lowest BCUT2D eigenvalue weighted by molar-refractivity contribution is 0.962. The van der Waals surface area contributed by atoms with Crippen LogP contribution >= 0.6 is 0 Å². The molecule has 0 amide bonds. The summed E-state index contributed by atoms with van der Waals surface area (Å²) in [6, 6.07) is 5.81. The van der Waals surface area contributed by atoms with Crippen molar-refractivity contribution in [2.75, 3.05) is 11.1 Å². The molecule has 17 heavy (non-hydrogen) atoms. The van der Waals surface area contributed by atoms with E-state index in [2.05, 4.69) is 33.3 Å². The topological polar surface area (TPSA) is 76.7 Å². The molecular formula is C12H15N5. The summed E-state index contributed by atoms with van der Waals surface area (Å²) in [6.45, 7) is 2.75. The van der Waals surface area contributed by atoms with Gasteiger partial charge in [0.05, 0.1) is 12.2 Å². The molecule has 0 aliphatic heterocycles. The van der Waals surface area contributed by atoms with Gasteiger partial charge in [0.1, 0.15) is 5.82 Å². The minimum atomic E-state index is 0.270. The van der Waals surface area contributed by atoms with Crippen molar-refractivity contribution in [2.24, 2.45) is 0 Å². The summed E-state index contributed by atoms with van der Waals surface area (Å²) in [4.78, 5) is 12.3. The number of nitrogens with one attached hydrogen (secondary N) is 1. The highest BCUT2D eigenvalue weighted by Gasteiger charge is 2.02. The quantitative estimate of drug-likeness (QED) is 0.833. The van der Waals surface area contributed by atoms with Crippen molar-refractivity contribution >= 4 is 11.8 Å². The van der Waals surface area contributed by atoms with E-state index in [1.807, 2.05) is 6.07 Å². The van der Waals surface area contributed by atoms with E-state index in [0.717, 1.165) is 12.1 Å². The van der Waals surface area contributed by atoms with Gasteiger partial charge < -0.3 is 11.1 Å². The highest BCUT2D eigenvalue weighted by Crippen LogP contribution is 2.09. The van der Waals surface area contributed by atoms with Crippen molar-refractivity contribution in [3.8, 4) is 0 Å². The number of pyridine rings is 1. The van der Waals surface area contributed by atoms with Gasteiger partial charge in [-0.3, -0.25) is 4.98 Å². The number of hydrogen-bond donors (Lipinski definition) is 2. The van der Waals surface area contributed by atoms with Crippen molar-refractivity contribution in [3.63, 3.8) is 0 Å². The SMILES string of the molecule is CCc1cccnc1CNc1ccnc(N)n1. The summed E-state index contributed by atoms with van der Waals surface area (Å²) in [6.07, 6.45) is 4.39. The second-order valence-corrected chi connectivity index (χ2v) is 3.62. The Morgan fingerprint density at radius 3 is 2.88 bits per heavy atom. The molecule has 5 heteroatoms. The molecule has 0 fully saturated rings. The minimum absolute atomic E-state index is 0.270. The Labute approximate surface area is 100 Å². The van der Waals surface area contributed by atoms with E-state index in [-0.39, 0.29) is 5.95 Å². The molecule has 88 valence electrons. The molecular weight excluding hydrogens is 214 g/mol. The third kappa shape index (κ3) is 2.90. The molecule has 3 N–H and O–H groups in total. The van der Waals surface area contributed by atoms with Gasteiger partial charge in [0.15, 0.2) is 0 Å². The number of hydrogen-bond acceptors (Lipinski definition) is 5. The first-order chi connectivity index (χ1) is 8.29. The third-order valence-electron chi connectivity index (χ3n) is 2.48. The van der Waals surface area contributed by atoms with Crippen molar-refractivity contribution < 1.29 is 0 Å². The molecule has 2 aromatic rings. The smallest absolute Gasteiger partial charge is 0.221 e. The van der Waals surface area contributed by atoms with E-state index in [0.29, 0.717) is 12.4 Å². The predicted molar refractivity (Wildman–Crippen MR) is 67.4 cm³/mol. The summed E-state index contributed by atoms with van der Waals surface area (Å²) in [5.74, 6) is 0.983. The Morgan fingerprint density at radius 1 is 1.24 bits per heavy atom. The van der Waals surface area contributed by atoms with Crippen LogP contribution in [0.1, 0.15) is 18.2 Å². The molecule has 0 saturated heterocycles. The molecule has 2 aromatic heterocycles. The van der Waals surface area contributed by atoms with Crippen molar-refractivity contribution in [2.45, 2.75) is 19.9 Å². The maximum Gasteiger partial charge on any atom is 0.221 e. The Morgan fingerprint density at radius 2 is 2.12 bits per heavy atom. The van der Waals surface area contributed by atoms with Crippen LogP contribution in [-0.4, -0.2) is 15.0 Å². The Balaban J connectivity index is 2.07. The molecule has 0 unspecified atom stereocenters. The fourth-order valence-electron chi connectivity index (χ4n) is 1.60. The molecule has 0 saturated carbocycles. The Bertz CT molecular complexity index is 498. The number of nitrogens with two attached hydrogens (primary N) is 1. The Kier molecular flexibility index (Phi) is 3.49. The van der Waals surface area contributed by atoms with Crippen LogP contribution in [-0.2, 0) is 13.0 Å². The first-order valence-electron chi connectivity index (χ1n) is 5.54. The van der Waals surface area contributed by atoms with Crippen molar-refractivity contribution in [1.82, 2.24) is 15.0 Å². The fourth-order valence-corrected chi connectivity index (χ4v) is 1.60. The first-order valence-corrected chi connectivity index (χ1v) is 5.54. The third-order valence-corrected chi connectivity index (χ3v) is 2.48. The predicted octanol–water partition coefficient (Wildman–Crippen LogP) is 1.63. The van der Waals surface area contributed by atoms with Gasteiger partial charge in [-0.2, -0.15) is 4.98 Å². The second kappa shape index (κ2) is 5.25. The van der Waals surface area contributed by atoms with Gasteiger partial charge in [-0.1, -0.05) is 13.0 Å². The van der Waals surface area contributed by atoms with Gasteiger partial charge in [0, 0.05) is 12.4 Å². The number of anilines is 2.